The number of nitrogens with one attached hydrogen (secondary N) is 1. The zero-order valence-corrected chi connectivity index (χ0v) is 13.4. The van der Waals surface area contributed by atoms with Gasteiger partial charge in [-0.15, -0.1) is 0 Å². The minimum atomic E-state index is 0.772. The Morgan fingerprint density at radius 1 is 0.905 bits per heavy atom. The summed E-state index contributed by atoms with van der Waals surface area (Å²) in [7, 11) is 0. The maximum Gasteiger partial charge on any atom is 0.00989 e. The van der Waals surface area contributed by atoms with Gasteiger partial charge >= 0.3 is 0 Å². The monoisotopic (exact) mass is 285 g/mol. The largest absolute Gasteiger partial charge is 0.314 e. The van der Waals surface area contributed by atoms with E-state index in [0.29, 0.717) is 0 Å². The molecule has 1 N–H and O–H groups in total. The molecule has 2 unspecified atom stereocenters. The van der Waals surface area contributed by atoms with Crippen LogP contribution >= 0.6 is 0 Å². The Kier molecular flexibility index (Phi) is 5.74. The van der Waals surface area contributed by atoms with E-state index in [1.807, 2.05) is 0 Å². The average Bonchev–Trinajstić information content (AvgIpc) is 2.97. The summed E-state index contributed by atoms with van der Waals surface area (Å²) < 4.78 is 0. The van der Waals surface area contributed by atoms with Crippen LogP contribution in [0.1, 0.15) is 63.4 Å². The average molecular weight is 285 g/mol. The molecule has 2 atom stereocenters. The lowest BCUT2D eigenvalue weighted by Crippen LogP contribution is -2.28. The van der Waals surface area contributed by atoms with Crippen LogP contribution in [0.25, 0.3) is 0 Å². The second-order valence-electron chi connectivity index (χ2n) is 7.23. The molecule has 1 aliphatic heterocycles. The molecule has 1 saturated heterocycles. The molecule has 2 fully saturated rings. The van der Waals surface area contributed by atoms with Crippen molar-refractivity contribution in [3.63, 3.8) is 0 Å². The number of hydrogen-bond acceptors (Lipinski definition) is 1. The van der Waals surface area contributed by atoms with Gasteiger partial charge < -0.3 is 5.32 Å². The van der Waals surface area contributed by atoms with Crippen molar-refractivity contribution in [1.29, 1.82) is 0 Å². The van der Waals surface area contributed by atoms with E-state index in [-0.39, 0.29) is 0 Å². The maximum atomic E-state index is 3.76. The van der Waals surface area contributed by atoms with Crippen molar-refractivity contribution in [2.45, 2.75) is 70.3 Å². The number of hydrogen-bond donors (Lipinski definition) is 1. The van der Waals surface area contributed by atoms with E-state index in [4.69, 9.17) is 0 Å². The Labute approximate surface area is 130 Å². The Morgan fingerprint density at radius 3 is 2.52 bits per heavy atom. The van der Waals surface area contributed by atoms with E-state index in [9.17, 15) is 0 Å². The van der Waals surface area contributed by atoms with Gasteiger partial charge in [0, 0.05) is 6.04 Å². The summed E-state index contributed by atoms with van der Waals surface area (Å²) in [6, 6.07) is 11.8. The Hall–Kier alpha value is -0.820. The van der Waals surface area contributed by atoms with Crippen LogP contribution in [0, 0.1) is 11.8 Å². The van der Waals surface area contributed by atoms with Gasteiger partial charge in [-0.25, -0.2) is 0 Å². The molecule has 116 valence electrons. The van der Waals surface area contributed by atoms with Gasteiger partial charge in [0.25, 0.3) is 0 Å². The Balaban J connectivity index is 1.41. The first-order valence-electron chi connectivity index (χ1n) is 9.19. The summed E-state index contributed by atoms with van der Waals surface area (Å²) in [5.74, 6) is 1.91. The van der Waals surface area contributed by atoms with Crippen LogP contribution in [0.5, 0.6) is 0 Å². The van der Waals surface area contributed by atoms with Gasteiger partial charge in [-0.05, 0) is 43.2 Å². The highest BCUT2D eigenvalue weighted by Crippen LogP contribution is 2.30. The van der Waals surface area contributed by atoms with Gasteiger partial charge in [-0.2, -0.15) is 0 Å². The molecule has 1 heteroatoms. The molecule has 0 bridgehead atoms. The van der Waals surface area contributed by atoms with Crippen molar-refractivity contribution >= 4 is 0 Å². The smallest absolute Gasteiger partial charge is 0.00989 e. The van der Waals surface area contributed by atoms with Crippen molar-refractivity contribution in [3.05, 3.63) is 35.9 Å². The molecule has 21 heavy (non-hydrogen) atoms. The second kappa shape index (κ2) is 7.98. The minimum Gasteiger partial charge on any atom is -0.314 e. The summed E-state index contributed by atoms with van der Waals surface area (Å²) in [5.41, 5.74) is 1.52. The van der Waals surface area contributed by atoms with Gasteiger partial charge in [0.1, 0.15) is 0 Å². The first-order valence-corrected chi connectivity index (χ1v) is 9.19. The second-order valence-corrected chi connectivity index (χ2v) is 7.23. The molecule has 1 saturated carbocycles. The van der Waals surface area contributed by atoms with Gasteiger partial charge in [-0.1, -0.05) is 75.3 Å². The fourth-order valence-corrected chi connectivity index (χ4v) is 4.42. The molecule has 0 radical (unpaired) electrons. The molecule has 1 heterocycles. The number of benzene rings is 1. The van der Waals surface area contributed by atoms with E-state index in [1.165, 1.54) is 76.3 Å². The molecule has 2 aliphatic rings. The van der Waals surface area contributed by atoms with Gasteiger partial charge in [-0.3, -0.25) is 0 Å². The third kappa shape index (κ3) is 4.57. The predicted octanol–water partition coefficient (Wildman–Crippen LogP) is 4.96. The highest BCUT2D eigenvalue weighted by molar-refractivity contribution is 5.16. The Morgan fingerprint density at radius 2 is 1.71 bits per heavy atom. The lowest BCUT2D eigenvalue weighted by molar-refractivity contribution is 0.315. The molecule has 3 rings (SSSR count). The fourth-order valence-electron chi connectivity index (χ4n) is 4.42. The van der Waals surface area contributed by atoms with E-state index in [2.05, 4.69) is 35.6 Å². The first-order chi connectivity index (χ1) is 10.4. The van der Waals surface area contributed by atoms with Gasteiger partial charge in [0.2, 0.25) is 0 Å². The molecule has 0 amide bonds. The lowest BCUT2D eigenvalue weighted by Gasteiger charge is -2.24. The van der Waals surface area contributed by atoms with Crippen LogP contribution in [-0.2, 0) is 6.42 Å². The summed E-state index contributed by atoms with van der Waals surface area (Å²) >= 11 is 0. The molecule has 0 aromatic heterocycles. The standard InChI is InChI=1S/C20H31N/c1-3-8-17(9-4-1)12-7-13-20-19(14-15-21-20)16-18-10-5-2-6-11-18/h2,5-6,10-11,17,19-21H,1,3-4,7-9,12-16H2. The van der Waals surface area contributed by atoms with Crippen LogP contribution in [0.4, 0.5) is 0 Å². The lowest BCUT2D eigenvalue weighted by atomic mass is 9.84. The molecular weight excluding hydrogens is 254 g/mol. The zero-order valence-electron chi connectivity index (χ0n) is 13.4. The Bertz CT molecular complexity index is 394. The van der Waals surface area contributed by atoms with Crippen molar-refractivity contribution in [1.82, 2.24) is 5.32 Å². The molecular formula is C20H31N. The summed E-state index contributed by atoms with van der Waals surface area (Å²) in [5, 5.41) is 3.76. The highest BCUT2D eigenvalue weighted by Gasteiger charge is 2.26. The summed E-state index contributed by atoms with van der Waals surface area (Å²) in [6.07, 6.45) is 14.4. The van der Waals surface area contributed by atoms with Crippen molar-refractivity contribution in [2.75, 3.05) is 6.54 Å². The third-order valence-electron chi connectivity index (χ3n) is 5.68. The van der Waals surface area contributed by atoms with Crippen LogP contribution in [0.2, 0.25) is 0 Å². The molecule has 1 aromatic carbocycles. The topological polar surface area (TPSA) is 12.0 Å². The predicted molar refractivity (Wildman–Crippen MR) is 90.5 cm³/mol. The molecule has 1 nitrogen and oxygen atoms in total. The minimum absolute atomic E-state index is 0.772. The summed E-state index contributed by atoms with van der Waals surface area (Å²) in [6.45, 7) is 1.23. The summed E-state index contributed by atoms with van der Waals surface area (Å²) in [4.78, 5) is 0. The highest BCUT2D eigenvalue weighted by atomic mass is 14.9. The van der Waals surface area contributed by atoms with Crippen molar-refractivity contribution in [2.24, 2.45) is 11.8 Å². The fraction of sp³-hybridized carbons (Fsp3) is 0.700. The normalized spacial score (nSPS) is 27.0. The van der Waals surface area contributed by atoms with Crippen LogP contribution in [0.15, 0.2) is 30.3 Å². The zero-order chi connectivity index (χ0) is 14.3. The first kappa shape index (κ1) is 15.1. The van der Waals surface area contributed by atoms with Crippen LogP contribution < -0.4 is 5.32 Å². The third-order valence-corrected chi connectivity index (χ3v) is 5.68. The SMILES string of the molecule is c1ccc(CC2CCNC2CCCC2CCCCC2)cc1. The molecule has 1 aromatic rings. The van der Waals surface area contributed by atoms with Crippen molar-refractivity contribution < 1.29 is 0 Å². The van der Waals surface area contributed by atoms with Crippen LogP contribution in [0.3, 0.4) is 0 Å². The molecule has 0 spiro atoms. The van der Waals surface area contributed by atoms with E-state index in [1.54, 1.807) is 0 Å². The quantitative estimate of drug-likeness (QED) is 0.779. The number of rotatable bonds is 6. The van der Waals surface area contributed by atoms with Gasteiger partial charge in [0.05, 0.1) is 0 Å². The molecule has 1 aliphatic carbocycles. The van der Waals surface area contributed by atoms with E-state index < -0.39 is 0 Å². The van der Waals surface area contributed by atoms with E-state index in [0.717, 1.165) is 17.9 Å². The van der Waals surface area contributed by atoms with Gasteiger partial charge in [0.15, 0.2) is 0 Å². The maximum absolute atomic E-state index is 3.76. The van der Waals surface area contributed by atoms with Crippen LogP contribution in [-0.4, -0.2) is 12.6 Å². The van der Waals surface area contributed by atoms with E-state index >= 15 is 0 Å². The van der Waals surface area contributed by atoms with Crippen molar-refractivity contribution in [3.8, 4) is 0 Å².